The van der Waals surface area contributed by atoms with Crippen LogP contribution >= 0.6 is 46.0 Å². The molecule has 1 heterocycles. The van der Waals surface area contributed by atoms with E-state index in [2.05, 4.69) is 32.9 Å². The number of hydrogen-bond acceptors (Lipinski definition) is 5. The first kappa shape index (κ1) is 25.5. The quantitative estimate of drug-likeness (QED) is 0.223. The van der Waals surface area contributed by atoms with Crippen molar-refractivity contribution in [3.8, 4) is 11.5 Å². The van der Waals surface area contributed by atoms with Gasteiger partial charge in [0.05, 0.1) is 20.8 Å². The molecule has 1 N–H and O–H groups in total. The monoisotopic (exact) mass is 622 g/mol. The number of carbonyl (C=O) groups excluding carboxylic acids is 1. The minimum absolute atomic E-state index is 0.224. The zero-order valence-electron chi connectivity index (χ0n) is 18.9. The lowest BCUT2D eigenvalue weighted by molar-refractivity contribution is -0.115. The Hall–Kier alpha value is -2.56. The molecule has 0 atom stereocenters. The number of aliphatic imine (C=N–C) groups is 1. The van der Waals surface area contributed by atoms with Gasteiger partial charge in [-0.25, -0.2) is 9.38 Å². The third kappa shape index (κ3) is 6.36. The topological polar surface area (TPSA) is 59.9 Å². The van der Waals surface area contributed by atoms with Crippen LogP contribution in [0.25, 0.3) is 6.08 Å². The zero-order chi connectivity index (χ0) is 24.9. The number of halogens is 3. The summed E-state index contributed by atoms with van der Waals surface area (Å²) >= 11 is 9.63. The number of hydrogen-bond donors (Lipinski definition) is 1. The van der Waals surface area contributed by atoms with Crippen LogP contribution in [0.2, 0.25) is 5.02 Å². The lowest BCUT2D eigenvalue weighted by atomic mass is 10.1. The minimum Gasteiger partial charge on any atom is -0.490 e. The summed E-state index contributed by atoms with van der Waals surface area (Å²) in [4.78, 5) is 17.7. The van der Waals surface area contributed by atoms with Gasteiger partial charge in [0.1, 0.15) is 12.4 Å². The summed E-state index contributed by atoms with van der Waals surface area (Å²) in [6, 6.07) is 15.4. The van der Waals surface area contributed by atoms with Crippen LogP contribution in [-0.4, -0.2) is 17.7 Å². The third-order valence-electron chi connectivity index (χ3n) is 5.04. The average Bonchev–Trinajstić information content (AvgIpc) is 3.16. The van der Waals surface area contributed by atoms with Gasteiger partial charge in [0.15, 0.2) is 16.7 Å². The lowest BCUT2D eigenvalue weighted by Crippen LogP contribution is -2.19. The number of benzene rings is 3. The predicted molar refractivity (Wildman–Crippen MR) is 148 cm³/mol. The Bertz CT molecular complexity index is 1330. The second-order valence-corrected chi connectivity index (χ2v) is 10.1. The highest BCUT2D eigenvalue weighted by Gasteiger charge is 2.24. The van der Waals surface area contributed by atoms with Gasteiger partial charge in [-0.1, -0.05) is 29.8 Å². The predicted octanol–water partition coefficient (Wildman–Crippen LogP) is 7.26. The van der Waals surface area contributed by atoms with E-state index >= 15 is 0 Å². The van der Waals surface area contributed by atoms with Crippen LogP contribution in [0.4, 0.5) is 10.1 Å². The van der Waals surface area contributed by atoms with Gasteiger partial charge in [0.2, 0.25) is 0 Å². The van der Waals surface area contributed by atoms with Crippen molar-refractivity contribution in [1.82, 2.24) is 5.32 Å². The van der Waals surface area contributed by atoms with Crippen molar-refractivity contribution >= 4 is 68.8 Å². The molecule has 0 aromatic heterocycles. The first-order valence-corrected chi connectivity index (χ1v) is 13.0. The van der Waals surface area contributed by atoms with E-state index in [1.54, 1.807) is 24.3 Å². The van der Waals surface area contributed by atoms with Crippen molar-refractivity contribution in [2.45, 2.75) is 20.5 Å². The fraction of sp³-hybridized carbons (Fsp3) is 0.154. The van der Waals surface area contributed by atoms with Crippen LogP contribution < -0.4 is 14.8 Å². The fourth-order valence-corrected chi connectivity index (χ4v) is 5.05. The van der Waals surface area contributed by atoms with Gasteiger partial charge in [-0.2, -0.15) is 0 Å². The molecule has 9 heteroatoms. The number of nitrogens with one attached hydrogen (secondary N) is 1. The molecule has 0 saturated carbocycles. The SMILES string of the molecule is CCOc1cc(/C=C2/SC(=Nc3cccc(Cl)c3C)NC2=O)cc(I)c1OCc1ccc(F)cc1. The Kier molecular flexibility index (Phi) is 8.35. The van der Waals surface area contributed by atoms with Crippen molar-refractivity contribution in [1.29, 1.82) is 0 Å². The van der Waals surface area contributed by atoms with Gasteiger partial charge in [0, 0.05) is 5.02 Å². The molecule has 5 nitrogen and oxygen atoms in total. The van der Waals surface area contributed by atoms with Crippen LogP contribution in [0.1, 0.15) is 23.6 Å². The molecule has 1 fully saturated rings. The summed E-state index contributed by atoms with van der Waals surface area (Å²) in [7, 11) is 0. The third-order valence-corrected chi connectivity index (χ3v) is 7.16. The van der Waals surface area contributed by atoms with Crippen LogP contribution in [0.15, 0.2) is 64.5 Å². The van der Waals surface area contributed by atoms with Gasteiger partial charge in [-0.05, 0) is 107 Å². The molecule has 1 aliphatic heterocycles. The number of nitrogens with zero attached hydrogens (tertiary/aromatic N) is 1. The van der Waals surface area contributed by atoms with Gasteiger partial charge >= 0.3 is 0 Å². The van der Waals surface area contributed by atoms with E-state index < -0.39 is 0 Å². The first-order chi connectivity index (χ1) is 16.8. The molecule has 4 rings (SSSR count). The number of ether oxygens (including phenoxy) is 2. The summed E-state index contributed by atoms with van der Waals surface area (Å²) in [6.45, 7) is 4.51. The minimum atomic E-state index is -0.291. The Balaban J connectivity index is 1.56. The molecule has 3 aromatic carbocycles. The molecule has 0 bridgehead atoms. The van der Waals surface area contributed by atoms with Crippen molar-refractivity contribution in [3.05, 3.63) is 90.6 Å². The molecule has 0 aliphatic carbocycles. The Morgan fingerprint density at radius 2 is 1.94 bits per heavy atom. The number of thioether (sulfide) groups is 1. The molecule has 35 heavy (non-hydrogen) atoms. The highest BCUT2D eigenvalue weighted by atomic mass is 127. The summed E-state index contributed by atoms with van der Waals surface area (Å²) in [5, 5.41) is 3.92. The van der Waals surface area contributed by atoms with Gasteiger partial charge < -0.3 is 14.8 Å². The summed E-state index contributed by atoms with van der Waals surface area (Å²) in [5.41, 5.74) is 3.19. The summed E-state index contributed by atoms with van der Waals surface area (Å²) < 4.78 is 25.8. The molecule has 180 valence electrons. The van der Waals surface area contributed by atoms with Crippen LogP contribution in [-0.2, 0) is 11.4 Å². The fourth-order valence-electron chi connectivity index (χ4n) is 3.27. The van der Waals surface area contributed by atoms with Crippen molar-refractivity contribution in [3.63, 3.8) is 0 Å². The maximum Gasteiger partial charge on any atom is 0.264 e. The molecular formula is C26H21ClFIN2O3S. The number of amides is 1. The van der Waals surface area contributed by atoms with Gasteiger partial charge in [-0.15, -0.1) is 0 Å². The van der Waals surface area contributed by atoms with E-state index in [0.29, 0.717) is 38.9 Å². The lowest BCUT2D eigenvalue weighted by Gasteiger charge is -2.15. The van der Waals surface area contributed by atoms with Crippen molar-refractivity contribution in [2.24, 2.45) is 4.99 Å². The molecule has 0 radical (unpaired) electrons. The molecule has 1 amide bonds. The van der Waals surface area contributed by atoms with Crippen molar-refractivity contribution < 1.29 is 18.7 Å². The van der Waals surface area contributed by atoms with Gasteiger partial charge in [-0.3, -0.25) is 4.79 Å². The molecule has 0 unspecified atom stereocenters. The first-order valence-electron chi connectivity index (χ1n) is 10.7. The zero-order valence-corrected chi connectivity index (χ0v) is 22.6. The van der Waals surface area contributed by atoms with Crippen LogP contribution in [0.5, 0.6) is 11.5 Å². The Morgan fingerprint density at radius 3 is 2.69 bits per heavy atom. The van der Waals surface area contributed by atoms with Crippen molar-refractivity contribution in [2.75, 3.05) is 6.61 Å². The van der Waals surface area contributed by atoms with Crippen LogP contribution in [0.3, 0.4) is 0 Å². The molecule has 0 spiro atoms. The summed E-state index contributed by atoms with van der Waals surface area (Å²) in [6.07, 6.45) is 1.79. The standard InChI is InChI=1S/C26H21ClFIN2O3S/c1-3-33-22-12-17(11-20(29)24(22)34-14-16-7-9-18(28)10-8-16)13-23-25(32)31-26(35-23)30-21-6-4-5-19(27)15(21)2/h4-13H,3,14H2,1-2H3,(H,30,31,32)/b23-13+. The maximum atomic E-state index is 13.2. The molecule has 3 aromatic rings. The largest absolute Gasteiger partial charge is 0.490 e. The van der Waals surface area contributed by atoms with E-state index in [0.717, 1.165) is 20.3 Å². The van der Waals surface area contributed by atoms with E-state index in [-0.39, 0.29) is 18.3 Å². The van der Waals surface area contributed by atoms with E-state index in [4.69, 9.17) is 21.1 Å². The second-order valence-electron chi connectivity index (χ2n) is 7.54. The number of rotatable bonds is 7. The van der Waals surface area contributed by atoms with Gasteiger partial charge in [0.25, 0.3) is 5.91 Å². The number of carbonyl (C=O) groups is 1. The molecule has 1 aliphatic rings. The normalized spacial score (nSPS) is 15.5. The van der Waals surface area contributed by atoms with E-state index in [1.807, 2.05) is 38.1 Å². The maximum absolute atomic E-state index is 13.2. The highest BCUT2D eigenvalue weighted by molar-refractivity contribution is 14.1. The molecular weight excluding hydrogens is 602 g/mol. The smallest absolute Gasteiger partial charge is 0.264 e. The van der Waals surface area contributed by atoms with Crippen LogP contribution in [0, 0.1) is 16.3 Å². The average molecular weight is 623 g/mol. The Labute approximate surface area is 225 Å². The number of amidine groups is 1. The van der Waals surface area contributed by atoms with E-state index in [9.17, 15) is 9.18 Å². The Morgan fingerprint density at radius 1 is 1.17 bits per heavy atom. The van der Waals surface area contributed by atoms with E-state index in [1.165, 1.54) is 23.9 Å². The highest BCUT2D eigenvalue weighted by Crippen LogP contribution is 2.37. The molecule has 1 saturated heterocycles. The summed E-state index contributed by atoms with van der Waals surface area (Å²) in [5.74, 6) is 0.653. The second kappa shape index (κ2) is 11.5.